The highest BCUT2D eigenvalue weighted by Crippen LogP contribution is 2.56. The molecule has 1 aromatic carbocycles. The highest BCUT2D eigenvalue weighted by Gasteiger charge is 2.43. The van der Waals surface area contributed by atoms with Crippen molar-refractivity contribution in [2.75, 3.05) is 0 Å². The smallest absolute Gasteiger partial charge is 0.274 e. The first-order valence-electron chi connectivity index (χ1n) is 12.1. The van der Waals surface area contributed by atoms with E-state index in [-0.39, 0.29) is 33.8 Å². The van der Waals surface area contributed by atoms with Crippen LogP contribution in [0.4, 0.5) is 4.39 Å². The number of aromatic nitrogens is 4. The Labute approximate surface area is 224 Å². The summed E-state index contributed by atoms with van der Waals surface area (Å²) >= 11 is 6.64. The second-order valence-electron chi connectivity index (χ2n) is 10.2. The van der Waals surface area contributed by atoms with Gasteiger partial charge in [-0.25, -0.2) is 14.4 Å². The van der Waals surface area contributed by atoms with E-state index in [0.717, 1.165) is 5.56 Å². The van der Waals surface area contributed by atoms with Crippen molar-refractivity contribution in [3.8, 4) is 23.1 Å². The molecule has 1 saturated carbocycles. The topological polar surface area (TPSA) is 105 Å². The monoisotopic (exact) mass is 529 g/mol. The quantitative estimate of drug-likeness (QED) is 0.367. The Hall–Kier alpha value is -3.93. The van der Waals surface area contributed by atoms with Crippen molar-refractivity contribution in [2.45, 2.75) is 51.6 Å². The Bertz CT molecular complexity index is 1690. The van der Waals surface area contributed by atoms with Crippen molar-refractivity contribution in [1.29, 1.82) is 5.26 Å². The normalized spacial score (nSPS) is 16.8. The number of aliphatic hydroxyl groups is 1. The van der Waals surface area contributed by atoms with Crippen molar-refractivity contribution < 1.29 is 9.50 Å². The third-order valence-corrected chi connectivity index (χ3v) is 7.24. The van der Waals surface area contributed by atoms with E-state index in [0.29, 0.717) is 40.3 Å². The first-order chi connectivity index (χ1) is 18.0. The van der Waals surface area contributed by atoms with Crippen molar-refractivity contribution in [2.24, 2.45) is 0 Å². The van der Waals surface area contributed by atoms with E-state index < -0.39 is 11.4 Å². The molecule has 0 saturated heterocycles. The minimum absolute atomic E-state index is 0.0821. The maximum atomic E-state index is 14.6. The van der Waals surface area contributed by atoms with E-state index in [1.54, 1.807) is 55.1 Å². The van der Waals surface area contributed by atoms with Gasteiger partial charge in [-0.2, -0.15) is 5.26 Å². The maximum absolute atomic E-state index is 14.6. The molecule has 2 atom stereocenters. The molecule has 38 heavy (non-hydrogen) atoms. The molecular formula is C29H25ClFN5O2. The van der Waals surface area contributed by atoms with Crippen molar-refractivity contribution in [3.05, 3.63) is 104 Å². The standard InChI is InChI=1S/C29H25ClFN5O2/c1-15-14-34-24(23-7-8-33-28(35-23)29(3,4)38)12-25(15)36-16(2)9-21(26(30)27(36)37)20-11-19(20)18-6-5-17(13-32)10-22(18)31/h5-10,12,14,19-20,38H,11H2,1-4H3/t19-,20+/m1/s1. The van der Waals surface area contributed by atoms with Crippen LogP contribution in [0.3, 0.4) is 0 Å². The first-order valence-corrected chi connectivity index (χ1v) is 12.5. The van der Waals surface area contributed by atoms with Gasteiger partial charge in [-0.05, 0) is 93.0 Å². The van der Waals surface area contributed by atoms with Gasteiger partial charge in [-0.15, -0.1) is 0 Å². The summed E-state index contributed by atoms with van der Waals surface area (Å²) in [6.07, 6.45) is 3.89. The lowest BCUT2D eigenvalue weighted by Gasteiger charge is -2.17. The Morgan fingerprint density at radius 3 is 2.53 bits per heavy atom. The van der Waals surface area contributed by atoms with Crippen LogP contribution in [-0.2, 0) is 5.60 Å². The van der Waals surface area contributed by atoms with Crippen LogP contribution in [-0.4, -0.2) is 24.6 Å². The fourth-order valence-electron chi connectivity index (χ4n) is 4.77. The predicted molar refractivity (Wildman–Crippen MR) is 142 cm³/mol. The highest BCUT2D eigenvalue weighted by atomic mass is 35.5. The van der Waals surface area contributed by atoms with E-state index in [1.807, 2.05) is 26.0 Å². The number of rotatable bonds is 5. The van der Waals surface area contributed by atoms with Crippen LogP contribution in [0.15, 0.2) is 53.6 Å². The van der Waals surface area contributed by atoms with Gasteiger partial charge in [-0.3, -0.25) is 14.3 Å². The van der Waals surface area contributed by atoms with Crippen LogP contribution in [0.5, 0.6) is 0 Å². The maximum Gasteiger partial charge on any atom is 0.274 e. The lowest BCUT2D eigenvalue weighted by molar-refractivity contribution is 0.0688. The second-order valence-corrected chi connectivity index (χ2v) is 10.6. The summed E-state index contributed by atoms with van der Waals surface area (Å²) in [5.74, 6) is -0.347. The van der Waals surface area contributed by atoms with E-state index in [4.69, 9.17) is 16.9 Å². The Morgan fingerprint density at radius 2 is 1.84 bits per heavy atom. The number of aryl methyl sites for hydroxylation is 2. The van der Waals surface area contributed by atoms with E-state index >= 15 is 0 Å². The molecule has 0 radical (unpaired) electrons. The summed E-state index contributed by atoms with van der Waals surface area (Å²) in [6, 6.07) is 11.8. The van der Waals surface area contributed by atoms with Gasteiger partial charge < -0.3 is 5.11 Å². The number of pyridine rings is 2. The first kappa shape index (κ1) is 25.7. The average Bonchev–Trinajstić information content (AvgIpc) is 3.67. The summed E-state index contributed by atoms with van der Waals surface area (Å²) in [4.78, 5) is 26.7. The number of halogens is 2. The van der Waals surface area contributed by atoms with Crippen LogP contribution in [0, 0.1) is 31.0 Å². The van der Waals surface area contributed by atoms with E-state index in [2.05, 4.69) is 15.0 Å². The molecule has 1 fully saturated rings. The summed E-state index contributed by atoms with van der Waals surface area (Å²) in [5.41, 5.74) is 2.98. The lowest BCUT2D eigenvalue weighted by Crippen LogP contribution is -2.23. The fraction of sp³-hybridized carbons (Fsp3) is 0.276. The molecule has 3 heterocycles. The van der Waals surface area contributed by atoms with Gasteiger partial charge in [0, 0.05) is 18.1 Å². The van der Waals surface area contributed by atoms with Crippen molar-refractivity contribution >= 4 is 11.6 Å². The minimum atomic E-state index is -1.22. The van der Waals surface area contributed by atoms with Gasteiger partial charge in [0.1, 0.15) is 16.4 Å². The molecule has 0 spiro atoms. The number of nitriles is 1. The van der Waals surface area contributed by atoms with Gasteiger partial charge >= 0.3 is 0 Å². The molecule has 0 aliphatic heterocycles. The van der Waals surface area contributed by atoms with Crippen LogP contribution in [0.25, 0.3) is 17.1 Å². The zero-order valence-electron chi connectivity index (χ0n) is 21.3. The molecule has 3 aromatic heterocycles. The van der Waals surface area contributed by atoms with Gasteiger partial charge in [0.2, 0.25) is 0 Å². The zero-order valence-corrected chi connectivity index (χ0v) is 22.1. The molecule has 1 aliphatic carbocycles. The Balaban J connectivity index is 1.53. The molecule has 192 valence electrons. The molecule has 0 unspecified atom stereocenters. The minimum Gasteiger partial charge on any atom is -0.382 e. The van der Waals surface area contributed by atoms with E-state index in [1.165, 1.54) is 6.07 Å². The molecule has 0 bridgehead atoms. The van der Waals surface area contributed by atoms with Gasteiger partial charge in [-0.1, -0.05) is 17.7 Å². The lowest BCUT2D eigenvalue weighted by atomic mass is 10.0. The van der Waals surface area contributed by atoms with Crippen LogP contribution in [0.1, 0.15) is 65.9 Å². The molecule has 5 rings (SSSR count). The van der Waals surface area contributed by atoms with Crippen LogP contribution < -0.4 is 5.56 Å². The summed E-state index contributed by atoms with van der Waals surface area (Å²) in [7, 11) is 0. The molecular weight excluding hydrogens is 505 g/mol. The van der Waals surface area contributed by atoms with Crippen LogP contribution >= 0.6 is 11.6 Å². The zero-order chi connectivity index (χ0) is 27.4. The Morgan fingerprint density at radius 1 is 1.11 bits per heavy atom. The van der Waals surface area contributed by atoms with Crippen molar-refractivity contribution in [1.82, 2.24) is 19.5 Å². The van der Waals surface area contributed by atoms with Gasteiger partial charge in [0.25, 0.3) is 5.56 Å². The molecule has 0 amide bonds. The predicted octanol–water partition coefficient (Wildman–Crippen LogP) is 5.47. The number of nitrogens with zero attached hydrogens (tertiary/aromatic N) is 5. The molecule has 4 aromatic rings. The molecule has 7 nitrogen and oxygen atoms in total. The summed E-state index contributed by atoms with van der Waals surface area (Å²) in [6.45, 7) is 6.89. The Kier molecular flexibility index (Phi) is 6.38. The van der Waals surface area contributed by atoms with Crippen molar-refractivity contribution in [3.63, 3.8) is 0 Å². The summed E-state index contributed by atoms with van der Waals surface area (Å²) in [5, 5.41) is 19.4. The SMILES string of the molecule is Cc1cnc(-c2ccnc(C(C)(C)O)n2)cc1-n1c(C)cc([C@H]2C[C@@H]2c2ccc(C#N)cc2F)c(Cl)c1=O. The third kappa shape index (κ3) is 4.60. The van der Waals surface area contributed by atoms with E-state index in [9.17, 15) is 14.3 Å². The average molecular weight is 530 g/mol. The number of hydrogen-bond donors (Lipinski definition) is 1. The molecule has 1 N–H and O–H groups in total. The summed E-state index contributed by atoms with van der Waals surface area (Å²) < 4.78 is 16.1. The molecule has 9 heteroatoms. The van der Waals surface area contributed by atoms with Crippen LogP contribution in [0.2, 0.25) is 5.02 Å². The fourth-order valence-corrected chi connectivity index (χ4v) is 5.05. The van der Waals surface area contributed by atoms with Gasteiger partial charge in [0.05, 0.1) is 28.7 Å². The van der Waals surface area contributed by atoms with Gasteiger partial charge in [0.15, 0.2) is 5.82 Å². The molecule has 1 aliphatic rings. The number of hydrogen-bond acceptors (Lipinski definition) is 6. The highest BCUT2D eigenvalue weighted by molar-refractivity contribution is 6.31. The number of benzene rings is 1. The second kappa shape index (κ2) is 9.43. The third-order valence-electron chi connectivity index (χ3n) is 6.86. The largest absolute Gasteiger partial charge is 0.382 e.